The van der Waals surface area contributed by atoms with Crippen molar-refractivity contribution in [3.63, 3.8) is 0 Å². The maximum atomic E-state index is 2.58. The summed E-state index contributed by atoms with van der Waals surface area (Å²) < 4.78 is 0. The van der Waals surface area contributed by atoms with Crippen LogP contribution in [0, 0.1) is 11.8 Å². The van der Waals surface area contributed by atoms with Gasteiger partial charge in [-0.15, -0.1) is 0 Å². The average Bonchev–Trinajstić information content (AvgIpc) is 2.76. The van der Waals surface area contributed by atoms with Crippen LogP contribution >= 0.6 is 0 Å². The minimum Gasteiger partial charge on any atom is -0.0766 e. The molecule has 2 atom stereocenters. The first-order valence-corrected chi connectivity index (χ1v) is 11.6. The van der Waals surface area contributed by atoms with E-state index in [0.29, 0.717) is 11.8 Å². The fraction of sp³-hybridized carbons (Fsp3) is 0.333. The molecule has 0 fully saturated rings. The van der Waals surface area contributed by atoms with Crippen molar-refractivity contribution in [1.82, 2.24) is 0 Å². The van der Waals surface area contributed by atoms with Crippen LogP contribution in [0.25, 0.3) is 11.6 Å². The highest BCUT2D eigenvalue weighted by molar-refractivity contribution is 5.75. The van der Waals surface area contributed by atoms with Crippen molar-refractivity contribution in [2.24, 2.45) is 11.8 Å². The van der Waals surface area contributed by atoms with Gasteiger partial charge in [-0.3, -0.25) is 0 Å². The smallest absolute Gasteiger partial charge is 0.0201 e. The van der Waals surface area contributed by atoms with Crippen LogP contribution in [0.3, 0.4) is 0 Å². The third-order valence-electron chi connectivity index (χ3n) is 7.57. The lowest BCUT2D eigenvalue weighted by molar-refractivity contribution is 0.568. The third-order valence-corrected chi connectivity index (χ3v) is 7.57. The predicted octanol–water partition coefficient (Wildman–Crippen LogP) is 5.96. The molecule has 0 spiro atoms. The molecule has 0 saturated carbocycles. The number of rotatable bonds is 1. The van der Waals surface area contributed by atoms with Gasteiger partial charge in [0.1, 0.15) is 0 Å². The van der Waals surface area contributed by atoms with Gasteiger partial charge in [-0.2, -0.15) is 0 Å². The molecule has 1 aromatic carbocycles. The van der Waals surface area contributed by atoms with Gasteiger partial charge in [-0.05, 0) is 80.5 Å². The zero-order valence-electron chi connectivity index (χ0n) is 18.3. The monoisotopic (exact) mass is 390 g/mol. The largest absolute Gasteiger partial charge is 0.0766 e. The van der Waals surface area contributed by atoms with Crippen LogP contribution in [0.15, 0.2) is 88.6 Å². The van der Waals surface area contributed by atoms with Crippen molar-refractivity contribution >= 4 is 11.6 Å². The van der Waals surface area contributed by atoms with Crippen LogP contribution in [-0.2, 0) is 5.41 Å². The summed E-state index contributed by atoms with van der Waals surface area (Å²) in [6, 6.07) is 7.20. The van der Waals surface area contributed by atoms with Gasteiger partial charge < -0.3 is 0 Å². The van der Waals surface area contributed by atoms with E-state index in [1.54, 1.807) is 22.3 Å². The lowest BCUT2D eigenvalue weighted by Crippen LogP contribution is -2.35. The summed E-state index contributed by atoms with van der Waals surface area (Å²) in [5.74, 6) is 0.982. The van der Waals surface area contributed by atoms with Crippen LogP contribution in [0.4, 0.5) is 0 Å². The Morgan fingerprint density at radius 1 is 0.967 bits per heavy atom. The molecular formula is C30H30. The van der Waals surface area contributed by atoms with E-state index in [4.69, 9.17) is 0 Å². The molecule has 2 unspecified atom stereocenters. The summed E-state index contributed by atoms with van der Waals surface area (Å²) in [5.41, 5.74) is 11.0. The van der Waals surface area contributed by atoms with E-state index >= 15 is 0 Å². The Balaban J connectivity index is 1.58. The quantitative estimate of drug-likeness (QED) is 0.555. The van der Waals surface area contributed by atoms with Gasteiger partial charge in [0.25, 0.3) is 0 Å². The van der Waals surface area contributed by atoms with E-state index < -0.39 is 0 Å². The molecule has 0 amide bonds. The van der Waals surface area contributed by atoms with Crippen molar-refractivity contribution in [1.29, 1.82) is 0 Å². The fourth-order valence-corrected chi connectivity index (χ4v) is 6.04. The second kappa shape index (κ2) is 6.45. The Hall–Kier alpha value is -2.60. The molecule has 0 heterocycles. The predicted molar refractivity (Wildman–Crippen MR) is 127 cm³/mol. The maximum Gasteiger partial charge on any atom is 0.0201 e. The highest BCUT2D eigenvalue weighted by Gasteiger charge is 2.39. The topological polar surface area (TPSA) is 0 Å². The lowest BCUT2D eigenvalue weighted by atomic mass is 9.62. The number of allylic oxidation sites excluding steroid dienone is 12. The van der Waals surface area contributed by atoms with Crippen molar-refractivity contribution in [3.05, 3.63) is 105 Å². The van der Waals surface area contributed by atoms with Crippen molar-refractivity contribution in [3.8, 4) is 0 Å². The van der Waals surface area contributed by atoms with Crippen molar-refractivity contribution in [2.75, 3.05) is 0 Å². The van der Waals surface area contributed by atoms with Gasteiger partial charge in [-0.25, -0.2) is 0 Å². The normalized spacial score (nSPS) is 26.4. The van der Waals surface area contributed by atoms with Crippen LogP contribution in [-0.4, -0.2) is 0 Å². The summed E-state index contributed by atoms with van der Waals surface area (Å²) in [7, 11) is 0. The zero-order chi connectivity index (χ0) is 20.5. The highest BCUT2D eigenvalue weighted by atomic mass is 14.4. The summed E-state index contributed by atoms with van der Waals surface area (Å²) in [6.45, 7) is 6.93. The Bertz CT molecular complexity index is 1260. The summed E-state index contributed by atoms with van der Waals surface area (Å²) in [6.07, 6.45) is 23.9. The van der Waals surface area contributed by atoms with Gasteiger partial charge in [0.05, 0.1) is 0 Å². The number of hydrogen-bond donors (Lipinski definition) is 0. The van der Waals surface area contributed by atoms with Crippen LogP contribution in [0.1, 0.15) is 52.0 Å². The molecule has 0 aliphatic heterocycles. The molecular weight excluding hydrogens is 360 g/mol. The Morgan fingerprint density at radius 3 is 2.70 bits per heavy atom. The molecule has 0 nitrogen and oxygen atoms in total. The molecule has 150 valence electrons. The number of fused-ring (bicyclic) bond motifs is 1. The maximum absolute atomic E-state index is 2.58. The highest BCUT2D eigenvalue weighted by Crippen LogP contribution is 2.52. The second-order valence-corrected chi connectivity index (χ2v) is 10.4. The minimum absolute atomic E-state index is 0.190. The van der Waals surface area contributed by atoms with Gasteiger partial charge in [0, 0.05) is 11.8 Å². The molecule has 6 rings (SSSR count). The van der Waals surface area contributed by atoms with Crippen LogP contribution in [0.5, 0.6) is 0 Å². The first kappa shape index (κ1) is 18.2. The molecule has 5 aliphatic rings. The first-order valence-electron chi connectivity index (χ1n) is 11.6. The van der Waals surface area contributed by atoms with E-state index in [1.807, 2.05) is 0 Å². The molecule has 30 heavy (non-hydrogen) atoms. The van der Waals surface area contributed by atoms with Gasteiger partial charge in [-0.1, -0.05) is 87.6 Å². The molecule has 1 aromatic rings. The molecule has 0 bridgehead atoms. The molecule has 0 heteroatoms. The number of benzene rings is 1. The van der Waals surface area contributed by atoms with Gasteiger partial charge in [0.15, 0.2) is 0 Å². The summed E-state index contributed by atoms with van der Waals surface area (Å²) in [4.78, 5) is 0. The van der Waals surface area contributed by atoms with Crippen molar-refractivity contribution < 1.29 is 0 Å². The molecule has 0 N–H and O–H groups in total. The summed E-state index contributed by atoms with van der Waals surface area (Å²) >= 11 is 0. The van der Waals surface area contributed by atoms with E-state index in [2.05, 4.69) is 87.6 Å². The van der Waals surface area contributed by atoms with E-state index in [9.17, 15) is 0 Å². The fourth-order valence-electron chi connectivity index (χ4n) is 6.04. The standard InChI is InChI=1S/C30H30/c1-30(2,3)23-15-16-24-21(17-23)9-6-11-25(24)27-18-22-10-4-7-19-13-14-20-8-5-12-26(27)29(20)28(19)22/h5,7-9,12-18,26,29H,4,6,10-11H2,1-3H3. The molecule has 0 aromatic heterocycles. The average molecular weight is 391 g/mol. The second-order valence-electron chi connectivity index (χ2n) is 10.4. The SMILES string of the molecule is CC(C)(C)c1ccc2c(c1)=CCCC=2C1=CC2=C3C(=CCC2)C=CC2=CC=CC1C23. The van der Waals surface area contributed by atoms with Crippen LogP contribution < -0.4 is 10.4 Å². The van der Waals surface area contributed by atoms with Gasteiger partial charge in [0.2, 0.25) is 0 Å². The Morgan fingerprint density at radius 2 is 1.83 bits per heavy atom. The Labute approximate surface area is 180 Å². The Kier molecular flexibility index (Phi) is 3.91. The zero-order valence-corrected chi connectivity index (χ0v) is 18.3. The first-order chi connectivity index (χ1) is 14.5. The molecule has 5 aliphatic carbocycles. The summed E-state index contributed by atoms with van der Waals surface area (Å²) in [5, 5.41) is 2.90. The lowest BCUT2D eigenvalue weighted by Gasteiger charge is -2.42. The third kappa shape index (κ3) is 2.66. The van der Waals surface area contributed by atoms with Gasteiger partial charge >= 0.3 is 0 Å². The molecule has 0 saturated heterocycles. The van der Waals surface area contributed by atoms with E-state index in [1.165, 1.54) is 40.0 Å². The van der Waals surface area contributed by atoms with Crippen LogP contribution in [0.2, 0.25) is 0 Å². The minimum atomic E-state index is 0.190. The van der Waals surface area contributed by atoms with E-state index in [-0.39, 0.29) is 5.41 Å². The van der Waals surface area contributed by atoms with Crippen molar-refractivity contribution in [2.45, 2.75) is 51.9 Å². The van der Waals surface area contributed by atoms with E-state index in [0.717, 1.165) is 12.8 Å². The number of hydrogen-bond acceptors (Lipinski definition) is 0. The molecule has 0 radical (unpaired) electrons.